The third-order valence-corrected chi connectivity index (χ3v) is 4.01. The highest BCUT2D eigenvalue weighted by atomic mass is 19.1. The molecule has 0 saturated carbocycles. The highest BCUT2D eigenvalue weighted by Crippen LogP contribution is 2.28. The van der Waals surface area contributed by atoms with Gasteiger partial charge in [0.1, 0.15) is 11.9 Å². The van der Waals surface area contributed by atoms with E-state index in [1.807, 2.05) is 24.3 Å². The van der Waals surface area contributed by atoms with Gasteiger partial charge in [-0.3, -0.25) is 9.59 Å². The Bertz CT molecular complexity index is 761. The molecular formula is C18H17FN2O3. The molecule has 0 aromatic heterocycles. The van der Waals surface area contributed by atoms with Gasteiger partial charge in [-0.1, -0.05) is 36.4 Å². The minimum Gasteiger partial charge on any atom is -0.368 e. The Hall–Kier alpha value is -2.73. The van der Waals surface area contributed by atoms with Crippen molar-refractivity contribution in [3.05, 3.63) is 71.0 Å². The minimum absolute atomic E-state index is 0.418. The zero-order chi connectivity index (χ0) is 17.1. The van der Waals surface area contributed by atoms with Crippen molar-refractivity contribution < 1.29 is 18.7 Å². The third kappa shape index (κ3) is 3.28. The Balaban J connectivity index is 1.82. The number of benzene rings is 2. The average molecular weight is 328 g/mol. The topological polar surface area (TPSA) is 81.4 Å². The number of hydrogen-bond acceptors (Lipinski definition) is 3. The first-order valence-corrected chi connectivity index (χ1v) is 7.61. The van der Waals surface area contributed by atoms with Gasteiger partial charge >= 0.3 is 0 Å². The number of halogens is 1. The van der Waals surface area contributed by atoms with Crippen molar-refractivity contribution in [2.45, 2.75) is 18.6 Å². The van der Waals surface area contributed by atoms with Gasteiger partial charge in [0.15, 0.2) is 6.10 Å². The van der Waals surface area contributed by atoms with Crippen LogP contribution in [0, 0.1) is 5.82 Å². The zero-order valence-corrected chi connectivity index (χ0v) is 12.9. The highest BCUT2D eigenvalue weighted by Gasteiger charge is 2.30. The third-order valence-electron chi connectivity index (χ3n) is 4.01. The van der Waals surface area contributed by atoms with Gasteiger partial charge in [-0.05, 0) is 35.2 Å². The summed E-state index contributed by atoms with van der Waals surface area (Å²) in [7, 11) is 0. The van der Waals surface area contributed by atoms with E-state index >= 15 is 0 Å². The maximum absolute atomic E-state index is 13.0. The summed E-state index contributed by atoms with van der Waals surface area (Å²) in [4.78, 5) is 24.3. The van der Waals surface area contributed by atoms with Crippen LogP contribution in [0.4, 0.5) is 4.39 Å². The molecule has 0 saturated heterocycles. The second kappa shape index (κ2) is 6.80. The summed E-state index contributed by atoms with van der Waals surface area (Å²) in [6, 6.07) is 11.7. The fraction of sp³-hybridized carbons (Fsp3) is 0.222. The summed E-state index contributed by atoms with van der Waals surface area (Å²) in [5.41, 5.74) is 7.63. The van der Waals surface area contributed by atoms with Gasteiger partial charge in [-0.2, -0.15) is 0 Å². The van der Waals surface area contributed by atoms with Crippen molar-refractivity contribution in [2.75, 3.05) is 6.61 Å². The van der Waals surface area contributed by atoms with Crippen molar-refractivity contribution >= 4 is 11.8 Å². The SMILES string of the molecule is NC(=O)C(NC(=O)C1OCCc2ccccc21)c1ccc(F)cc1. The molecule has 24 heavy (non-hydrogen) atoms. The molecular weight excluding hydrogens is 311 g/mol. The Morgan fingerprint density at radius 1 is 1.17 bits per heavy atom. The quantitative estimate of drug-likeness (QED) is 0.898. The predicted molar refractivity (Wildman–Crippen MR) is 85.3 cm³/mol. The van der Waals surface area contributed by atoms with Crippen LogP contribution in [-0.2, 0) is 20.7 Å². The molecule has 2 unspecified atom stereocenters. The number of carbonyl (C=O) groups excluding carboxylic acids is 2. The van der Waals surface area contributed by atoms with E-state index < -0.39 is 29.8 Å². The summed E-state index contributed by atoms with van der Waals surface area (Å²) in [6.45, 7) is 0.423. The standard InChI is InChI=1S/C18H17FN2O3/c19-13-7-5-12(6-8-13)15(17(20)22)21-18(23)16-14-4-2-1-3-11(14)9-10-24-16/h1-8,15-16H,9-10H2,(H2,20,22)(H,21,23). The van der Waals surface area contributed by atoms with Crippen LogP contribution in [0.15, 0.2) is 48.5 Å². The molecule has 2 atom stereocenters. The molecule has 124 valence electrons. The van der Waals surface area contributed by atoms with Gasteiger partial charge in [-0.25, -0.2) is 4.39 Å². The highest BCUT2D eigenvalue weighted by molar-refractivity contribution is 5.90. The number of hydrogen-bond donors (Lipinski definition) is 2. The van der Waals surface area contributed by atoms with Gasteiger partial charge in [0.25, 0.3) is 5.91 Å². The number of primary amides is 1. The Kier molecular flexibility index (Phi) is 4.57. The van der Waals surface area contributed by atoms with Crippen LogP contribution in [0.3, 0.4) is 0 Å². The molecule has 0 spiro atoms. The second-order valence-corrected chi connectivity index (χ2v) is 5.60. The van der Waals surface area contributed by atoms with Gasteiger partial charge in [0.2, 0.25) is 5.91 Å². The van der Waals surface area contributed by atoms with Crippen LogP contribution >= 0.6 is 0 Å². The molecule has 3 N–H and O–H groups in total. The predicted octanol–water partition coefficient (Wildman–Crippen LogP) is 1.78. The zero-order valence-electron chi connectivity index (χ0n) is 12.9. The lowest BCUT2D eigenvalue weighted by atomic mass is 9.96. The number of nitrogens with one attached hydrogen (secondary N) is 1. The molecule has 2 aromatic rings. The van der Waals surface area contributed by atoms with Crippen LogP contribution < -0.4 is 11.1 Å². The average Bonchev–Trinajstić information content (AvgIpc) is 2.59. The molecule has 0 fully saturated rings. The van der Waals surface area contributed by atoms with Crippen LogP contribution in [0.5, 0.6) is 0 Å². The molecule has 0 bridgehead atoms. The maximum Gasteiger partial charge on any atom is 0.254 e. The smallest absolute Gasteiger partial charge is 0.254 e. The van der Waals surface area contributed by atoms with E-state index in [9.17, 15) is 14.0 Å². The van der Waals surface area contributed by atoms with Crippen molar-refractivity contribution in [3.8, 4) is 0 Å². The number of ether oxygens (including phenoxy) is 1. The first-order valence-electron chi connectivity index (χ1n) is 7.61. The first kappa shape index (κ1) is 16.1. The molecule has 0 aliphatic carbocycles. The van der Waals surface area contributed by atoms with Crippen LogP contribution in [0.1, 0.15) is 28.8 Å². The number of amides is 2. The largest absolute Gasteiger partial charge is 0.368 e. The fourth-order valence-electron chi connectivity index (χ4n) is 2.80. The monoisotopic (exact) mass is 328 g/mol. The van der Waals surface area contributed by atoms with E-state index in [0.717, 1.165) is 17.5 Å². The summed E-state index contributed by atoms with van der Waals surface area (Å²) in [5.74, 6) is -1.60. The van der Waals surface area contributed by atoms with Crippen molar-refractivity contribution in [1.82, 2.24) is 5.32 Å². The van der Waals surface area contributed by atoms with E-state index in [1.165, 1.54) is 24.3 Å². The van der Waals surface area contributed by atoms with E-state index in [-0.39, 0.29) is 0 Å². The van der Waals surface area contributed by atoms with Crippen molar-refractivity contribution in [2.24, 2.45) is 5.73 Å². The molecule has 6 heteroatoms. The molecule has 2 aromatic carbocycles. The molecule has 1 aliphatic heterocycles. The number of fused-ring (bicyclic) bond motifs is 1. The van der Waals surface area contributed by atoms with Crippen LogP contribution in [0.25, 0.3) is 0 Å². The first-order chi connectivity index (χ1) is 11.6. The van der Waals surface area contributed by atoms with Crippen molar-refractivity contribution in [3.63, 3.8) is 0 Å². The molecule has 0 radical (unpaired) electrons. The van der Waals surface area contributed by atoms with E-state index in [1.54, 1.807) is 0 Å². The molecule has 5 nitrogen and oxygen atoms in total. The normalized spacial score (nSPS) is 17.6. The number of nitrogens with two attached hydrogens (primary N) is 1. The van der Waals surface area contributed by atoms with Crippen LogP contribution in [0.2, 0.25) is 0 Å². The van der Waals surface area contributed by atoms with Crippen molar-refractivity contribution in [1.29, 1.82) is 0 Å². The molecule has 3 rings (SSSR count). The van der Waals surface area contributed by atoms with Crippen LogP contribution in [-0.4, -0.2) is 18.4 Å². The summed E-state index contributed by atoms with van der Waals surface area (Å²) in [6.07, 6.45) is -0.0609. The molecule has 1 aliphatic rings. The second-order valence-electron chi connectivity index (χ2n) is 5.60. The Morgan fingerprint density at radius 3 is 2.58 bits per heavy atom. The fourth-order valence-corrected chi connectivity index (χ4v) is 2.80. The van der Waals surface area contributed by atoms with Gasteiger partial charge in [-0.15, -0.1) is 0 Å². The lowest BCUT2D eigenvalue weighted by Gasteiger charge is -2.26. The maximum atomic E-state index is 13.0. The summed E-state index contributed by atoms with van der Waals surface area (Å²) in [5, 5.41) is 2.60. The van der Waals surface area contributed by atoms with E-state index in [4.69, 9.17) is 10.5 Å². The number of carbonyl (C=O) groups is 2. The Morgan fingerprint density at radius 2 is 1.88 bits per heavy atom. The van der Waals surface area contributed by atoms with Gasteiger partial charge in [0.05, 0.1) is 6.61 Å². The number of rotatable bonds is 4. The lowest BCUT2D eigenvalue weighted by molar-refractivity contribution is -0.137. The Labute approximate surface area is 138 Å². The molecule has 1 heterocycles. The minimum atomic E-state index is -1.05. The molecule has 2 amide bonds. The van der Waals surface area contributed by atoms with E-state index in [0.29, 0.717) is 12.2 Å². The lowest BCUT2D eigenvalue weighted by Crippen LogP contribution is -2.41. The van der Waals surface area contributed by atoms with Gasteiger partial charge < -0.3 is 15.8 Å². The van der Waals surface area contributed by atoms with Gasteiger partial charge in [0, 0.05) is 0 Å². The summed E-state index contributed by atoms with van der Waals surface area (Å²) < 4.78 is 18.6. The van der Waals surface area contributed by atoms with E-state index in [2.05, 4.69) is 5.32 Å². The summed E-state index contributed by atoms with van der Waals surface area (Å²) >= 11 is 0.